The molecule has 2 aromatic rings. The second-order valence-electron chi connectivity index (χ2n) is 4.48. The third-order valence-corrected chi connectivity index (χ3v) is 3.44. The van der Waals surface area contributed by atoms with Crippen LogP contribution in [0.1, 0.15) is 18.1 Å². The van der Waals surface area contributed by atoms with Crippen molar-refractivity contribution in [3.63, 3.8) is 0 Å². The van der Waals surface area contributed by atoms with Crippen LogP contribution in [0.15, 0.2) is 52.1 Å². The van der Waals surface area contributed by atoms with Crippen LogP contribution in [0.4, 0.5) is 0 Å². The molecular weight excluding hydrogens is 346 g/mol. The van der Waals surface area contributed by atoms with Crippen LogP contribution in [0, 0.1) is 0 Å². The molecule has 0 fully saturated rings. The fourth-order valence-electron chi connectivity index (χ4n) is 1.83. The van der Waals surface area contributed by atoms with Crippen molar-refractivity contribution < 1.29 is 14.3 Å². The third-order valence-electron chi connectivity index (χ3n) is 2.91. The Kier molecular flexibility index (Phi) is 6.27. The lowest BCUT2D eigenvalue weighted by molar-refractivity contribution is 0.132. The van der Waals surface area contributed by atoms with Crippen molar-refractivity contribution in [2.45, 2.75) is 13.5 Å². The zero-order chi connectivity index (χ0) is 15.8. The predicted octanol–water partition coefficient (Wildman–Crippen LogP) is 4.41. The normalized spacial score (nSPS) is 10.7. The number of halogens is 1. The van der Waals surface area contributed by atoms with Gasteiger partial charge < -0.3 is 14.3 Å². The molecule has 0 saturated carbocycles. The summed E-state index contributed by atoms with van der Waals surface area (Å²) in [5.74, 6) is 1.40. The second kappa shape index (κ2) is 8.44. The molecule has 0 amide bonds. The Labute approximate surface area is 138 Å². The summed E-state index contributed by atoms with van der Waals surface area (Å²) in [6.07, 6.45) is 1.65. The average molecular weight is 364 g/mol. The molecule has 0 aliphatic carbocycles. The van der Waals surface area contributed by atoms with Crippen molar-refractivity contribution in [2.24, 2.45) is 5.16 Å². The summed E-state index contributed by atoms with van der Waals surface area (Å²) in [5, 5.41) is 3.98. The number of benzene rings is 2. The van der Waals surface area contributed by atoms with Gasteiger partial charge in [0.25, 0.3) is 0 Å². The number of methoxy groups -OCH3 is 1. The lowest BCUT2D eigenvalue weighted by Gasteiger charge is -2.09. The molecule has 0 radical (unpaired) electrons. The van der Waals surface area contributed by atoms with Crippen LogP contribution < -0.4 is 9.47 Å². The van der Waals surface area contributed by atoms with E-state index in [9.17, 15) is 0 Å². The molecule has 0 bridgehead atoms. The summed E-state index contributed by atoms with van der Waals surface area (Å²) in [4.78, 5) is 5.30. The maximum Gasteiger partial charge on any atom is 0.161 e. The van der Waals surface area contributed by atoms with Crippen LogP contribution in [-0.2, 0) is 11.4 Å². The highest BCUT2D eigenvalue weighted by Gasteiger charge is 2.04. The van der Waals surface area contributed by atoms with Gasteiger partial charge in [0, 0.05) is 10.0 Å². The minimum absolute atomic E-state index is 0.429. The van der Waals surface area contributed by atoms with Crippen molar-refractivity contribution >= 4 is 22.1 Å². The van der Waals surface area contributed by atoms with E-state index in [-0.39, 0.29) is 0 Å². The van der Waals surface area contributed by atoms with Crippen molar-refractivity contribution in [1.82, 2.24) is 0 Å². The van der Waals surface area contributed by atoms with Crippen molar-refractivity contribution in [1.29, 1.82) is 0 Å². The van der Waals surface area contributed by atoms with Gasteiger partial charge in [-0.15, -0.1) is 0 Å². The van der Waals surface area contributed by atoms with E-state index in [0.717, 1.165) is 21.3 Å². The first kappa shape index (κ1) is 16.4. The van der Waals surface area contributed by atoms with Gasteiger partial charge in [-0.3, -0.25) is 0 Å². The molecule has 2 aromatic carbocycles. The van der Waals surface area contributed by atoms with Crippen LogP contribution in [0.2, 0.25) is 0 Å². The molecule has 22 heavy (non-hydrogen) atoms. The summed E-state index contributed by atoms with van der Waals surface area (Å²) in [5.41, 5.74) is 1.95. The number of hydrogen-bond acceptors (Lipinski definition) is 4. The van der Waals surface area contributed by atoms with Crippen LogP contribution in [0.5, 0.6) is 11.5 Å². The second-order valence-corrected chi connectivity index (χ2v) is 5.39. The Morgan fingerprint density at radius 1 is 1.09 bits per heavy atom. The molecule has 4 nitrogen and oxygen atoms in total. The fraction of sp³-hybridized carbons (Fsp3) is 0.235. The zero-order valence-corrected chi connectivity index (χ0v) is 14.2. The summed E-state index contributed by atoms with van der Waals surface area (Å²) in [6, 6.07) is 13.5. The topological polar surface area (TPSA) is 40.0 Å². The van der Waals surface area contributed by atoms with Gasteiger partial charge in [0.05, 0.1) is 19.9 Å². The first-order valence-corrected chi connectivity index (χ1v) is 7.73. The Morgan fingerprint density at radius 2 is 1.86 bits per heavy atom. The van der Waals surface area contributed by atoms with Gasteiger partial charge in [0.1, 0.15) is 6.61 Å². The Morgan fingerprint density at radius 3 is 2.55 bits per heavy atom. The van der Waals surface area contributed by atoms with Crippen LogP contribution in [-0.4, -0.2) is 19.9 Å². The molecule has 0 heterocycles. The standard InChI is InChI=1S/C17H18BrNO3/c1-3-21-16-9-6-14(10-17(16)20-2)11-19-22-12-13-4-7-15(18)8-5-13/h4-11H,3,12H2,1-2H3. The first-order valence-electron chi connectivity index (χ1n) is 6.93. The van der Waals surface area contributed by atoms with E-state index in [0.29, 0.717) is 19.0 Å². The monoisotopic (exact) mass is 363 g/mol. The predicted molar refractivity (Wildman–Crippen MR) is 90.7 cm³/mol. The van der Waals surface area contributed by atoms with Crippen LogP contribution in [0.25, 0.3) is 0 Å². The number of hydrogen-bond donors (Lipinski definition) is 0. The quantitative estimate of drug-likeness (QED) is 0.540. The number of oxime groups is 1. The molecule has 116 valence electrons. The summed E-state index contributed by atoms with van der Waals surface area (Å²) in [7, 11) is 1.61. The summed E-state index contributed by atoms with van der Waals surface area (Å²) >= 11 is 3.40. The summed E-state index contributed by atoms with van der Waals surface area (Å²) in [6.45, 7) is 2.96. The molecular formula is C17H18BrNO3. The van der Waals surface area contributed by atoms with Gasteiger partial charge in [-0.25, -0.2) is 0 Å². The van der Waals surface area contributed by atoms with Crippen molar-refractivity contribution in [3.05, 3.63) is 58.1 Å². The van der Waals surface area contributed by atoms with Gasteiger partial charge in [-0.1, -0.05) is 33.2 Å². The molecule has 0 aliphatic rings. The van der Waals surface area contributed by atoms with Crippen LogP contribution in [0.3, 0.4) is 0 Å². The van der Waals surface area contributed by atoms with E-state index in [1.807, 2.05) is 49.4 Å². The SMILES string of the molecule is CCOc1ccc(C=NOCc2ccc(Br)cc2)cc1OC. The van der Waals surface area contributed by atoms with Gasteiger partial charge in [0.15, 0.2) is 11.5 Å². The fourth-order valence-corrected chi connectivity index (χ4v) is 2.09. The highest BCUT2D eigenvalue weighted by molar-refractivity contribution is 9.10. The Balaban J connectivity index is 1.93. The molecule has 0 aliphatic heterocycles. The molecule has 0 aromatic heterocycles. The first-order chi connectivity index (χ1) is 10.7. The minimum Gasteiger partial charge on any atom is -0.493 e. The Bertz CT molecular complexity index is 626. The van der Waals surface area contributed by atoms with Crippen LogP contribution >= 0.6 is 15.9 Å². The number of nitrogens with zero attached hydrogens (tertiary/aromatic N) is 1. The molecule has 0 saturated heterocycles. The number of rotatable bonds is 7. The van der Waals surface area contributed by atoms with E-state index in [4.69, 9.17) is 14.3 Å². The van der Waals surface area contributed by atoms with Gasteiger partial charge in [-0.05, 0) is 42.8 Å². The largest absolute Gasteiger partial charge is 0.493 e. The summed E-state index contributed by atoms with van der Waals surface area (Å²) < 4.78 is 11.8. The highest BCUT2D eigenvalue weighted by Crippen LogP contribution is 2.27. The van der Waals surface area contributed by atoms with Gasteiger partial charge >= 0.3 is 0 Å². The molecule has 0 spiro atoms. The highest BCUT2D eigenvalue weighted by atomic mass is 79.9. The lowest BCUT2D eigenvalue weighted by Crippen LogP contribution is -1.96. The molecule has 0 N–H and O–H groups in total. The average Bonchev–Trinajstić information content (AvgIpc) is 2.54. The van der Waals surface area contributed by atoms with E-state index < -0.39 is 0 Å². The van der Waals surface area contributed by atoms with E-state index in [2.05, 4.69) is 21.1 Å². The zero-order valence-electron chi connectivity index (χ0n) is 12.6. The molecule has 0 atom stereocenters. The lowest BCUT2D eigenvalue weighted by atomic mass is 10.2. The molecule has 0 unspecified atom stereocenters. The van der Waals surface area contributed by atoms with Crippen molar-refractivity contribution in [3.8, 4) is 11.5 Å². The maximum absolute atomic E-state index is 5.47. The molecule has 2 rings (SSSR count). The van der Waals surface area contributed by atoms with E-state index in [1.54, 1.807) is 13.3 Å². The van der Waals surface area contributed by atoms with Gasteiger partial charge in [0.2, 0.25) is 0 Å². The Hall–Kier alpha value is -2.01. The maximum atomic E-state index is 5.47. The van der Waals surface area contributed by atoms with E-state index in [1.165, 1.54) is 0 Å². The van der Waals surface area contributed by atoms with Gasteiger partial charge in [-0.2, -0.15) is 0 Å². The minimum atomic E-state index is 0.429. The van der Waals surface area contributed by atoms with E-state index >= 15 is 0 Å². The molecule has 5 heteroatoms. The van der Waals surface area contributed by atoms with Crippen molar-refractivity contribution in [2.75, 3.05) is 13.7 Å². The smallest absolute Gasteiger partial charge is 0.161 e. The third kappa shape index (κ3) is 4.77. The number of ether oxygens (including phenoxy) is 2.